The van der Waals surface area contributed by atoms with Crippen molar-refractivity contribution in [2.45, 2.75) is 63.9 Å². The van der Waals surface area contributed by atoms with E-state index in [-0.39, 0.29) is 17.0 Å². The smallest absolute Gasteiger partial charge is 0.331 e. The molecule has 4 fully saturated rings. The van der Waals surface area contributed by atoms with Crippen LogP contribution in [0.3, 0.4) is 0 Å². The van der Waals surface area contributed by atoms with Gasteiger partial charge in [-0.05, 0) is 93.1 Å². The van der Waals surface area contributed by atoms with Crippen molar-refractivity contribution >= 4 is 11.7 Å². The second kappa shape index (κ2) is 4.91. The topological polar surface area (TPSA) is 50.2 Å². The van der Waals surface area contributed by atoms with Gasteiger partial charge < -0.3 is 10.1 Å². The molecular formula is C23H29NO2. The van der Waals surface area contributed by atoms with Gasteiger partial charge in [-0.1, -0.05) is 12.5 Å². The van der Waals surface area contributed by atoms with Crippen molar-refractivity contribution in [1.82, 2.24) is 0 Å². The first kappa shape index (κ1) is 15.7. The molecular weight excluding hydrogens is 322 g/mol. The molecule has 138 valence electrons. The Labute approximate surface area is 155 Å². The van der Waals surface area contributed by atoms with Crippen molar-refractivity contribution in [1.29, 1.82) is 5.41 Å². The van der Waals surface area contributed by atoms with Gasteiger partial charge in [0.15, 0.2) is 0 Å². The van der Waals surface area contributed by atoms with Crippen molar-refractivity contribution in [2.75, 3.05) is 0 Å². The third-order valence-electron chi connectivity index (χ3n) is 9.41. The molecule has 1 heterocycles. The van der Waals surface area contributed by atoms with Gasteiger partial charge in [0.1, 0.15) is 5.60 Å². The summed E-state index contributed by atoms with van der Waals surface area (Å²) in [4.78, 5) is 12.1. The van der Waals surface area contributed by atoms with Gasteiger partial charge in [-0.2, -0.15) is 0 Å². The van der Waals surface area contributed by atoms with Crippen molar-refractivity contribution in [3.63, 3.8) is 0 Å². The number of carbonyl (C=O) groups excluding carboxylic acids is 1. The molecule has 6 aliphatic rings. The minimum Gasteiger partial charge on any atom is -0.451 e. The molecule has 0 radical (unpaired) electrons. The van der Waals surface area contributed by atoms with E-state index >= 15 is 0 Å². The van der Waals surface area contributed by atoms with Crippen LogP contribution in [-0.2, 0) is 9.53 Å². The van der Waals surface area contributed by atoms with Gasteiger partial charge in [0.2, 0.25) is 0 Å². The van der Waals surface area contributed by atoms with Crippen LogP contribution in [0.1, 0.15) is 58.3 Å². The van der Waals surface area contributed by atoms with Crippen molar-refractivity contribution in [3.8, 4) is 0 Å². The molecule has 26 heavy (non-hydrogen) atoms. The van der Waals surface area contributed by atoms with E-state index in [1.54, 1.807) is 11.6 Å². The van der Waals surface area contributed by atoms with Gasteiger partial charge >= 0.3 is 5.97 Å². The maximum absolute atomic E-state index is 12.1. The van der Waals surface area contributed by atoms with E-state index in [2.05, 4.69) is 19.1 Å². The fraction of sp³-hybridized carbons (Fsp3) is 0.739. The molecule has 0 amide bonds. The average molecular weight is 351 g/mol. The van der Waals surface area contributed by atoms with Gasteiger partial charge in [0, 0.05) is 23.1 Å². The van der Waals surface area contributed by atoms with E-state index in [1.165, 1.54) is 38.5 Å². The number of ether oxygens (including phenoxy) is 1. The predicted octanol–water partition coefficient (Wildman–Crippen LogP) is 4.68. The first-order valence-electron chi connectivity index (χ1n) is 10.8. The van der Waals surface area contributed by atoms with E-state index in [9.17, 15) is 4.79 Å². The van der Waals surface area contributed by atoms with Crippen LogP contribution in [-0.4, -0.2) is 17.3 Å². The van der Waals surface area contributed by atoms with Crippen molar-refractivity contribution < 1.29 is 9.53 Å². The number of esters is 1. The van der Waals surface area contributed by atoms with E-state index in [0.717, 1.165) is 48.1 Å². The van der Waals surface area contributed by atoms with Gasteiger partial charge in [0.05, 0.1) is 0 Å². The lowest BCUT2D eigenvalue weighted by Gasteiger charge is -2.58. The Morgan fingerprint density at radius 2 is 2.08 bits per heavy atom. The summed E-state index contributed by atoms with van der Waals surface area (Å²) in [6, 6.07) is 0. The number of nitrogens with one attached hydrogen (secondary N) is 1. The van der Waals surface area contributed by atoms with Crippen LogP contribution in [0.4, 0.5) is 0 Å². The summed E-state index contributed by atoms with van der Waals surface area (Å²) in [5.41, 5.74) is 2.34. The highest BCUT2D eigenvalue weighted by Crippen LogP contribution is 2.78. The number of fused-ring (bicyclic) bond motifs is 9. The summed E-state index contributed by atoms with van der Waals surface area (Å²) in [5.74, 6) is 4.36. The lowest BCUT2D eigenvalue weighted by atomic mass is 9.48. The van der Waals surface area contributed by atoms with Crippen molar-refractivity contribution in [3.05, 3.63) is 23.8 Å². The fourth-order valence-electron chi connectivity index (χ4n) is 8.59. The quantitative estimate of drug-likeness (QED) is 0.698. The summed E-state index contributed by atoms with van der Waals surface area (Å²) in [6.07, 6.45) is 15.7. The monoisotopic (exact) mass is 351 g/mol. The van der Waals surface area contributed by atoms with Gasteiger partial charge in [-0.15, -0.1) is 0 Å². The molecule has 0 aromatic heterocycles. The third-order valence-corrected chi connectivity index (χ3v) is 9.41. The molecule has 1 aliphatic heterocycles. The first-order valence-corrected chi connectivity index (χ1v) is 10.8. The van der Waals surface area contributed by atoms with E-state index in [4.69, 9.17) is 10.1 Å². The van der Waals surface area contributed by atoms with Crippen LogP contribution in [0.15, 0.2) is 23.8 Å². The van der Waals surface area contributed by atoms with Gasteiger partial charge in [0.25, 0.3) is 0 Å². The summed E-state index contributed by atoms with van der Waals surface area (Å²) >= 11 is 0. The fourth-order valence-corrected chi connectivity index (χ4v) is 8.59. The molecule has 1 spiro atoms. The SMILES string of the molecule is CC[C@]12CCC3C4CCC(=N)C=C4CCC3C1C1CC1C21C=CC(=O)O1. The molecule has 6 rings (SSSR count). The normalized spacial score (nSPS) is 53.5. The Morgan fingerprint density at radius 1 is 1.19 bits per heavy atom. The zero-order chi connectivity index (χ0) is 17.7. The lowest BCUT2D eigenvalue weighted by Crippen LogP contribution is -2.56. The molecule has 0 bridgehead atoms. The molecule has 3 nitrogen and oxygen atoms in total. The van der Waals surface area contributed by atoms with Gasteiger partial charge in [-0.25, -0.2) is 4.79 Å². The zero-order valence-corrected chi connectivity index (χ0v) is 15.7. The summed E-state index contributed by atoms with van der Waals surface area (Å²) < 4.78 is 6.14. The minimum absolute atomic E-state index is 0.106. The third kappa shape index (κ3) is 1.67. The molecule has 0 aromatic carbocycles. The summed E-state index contributed by atoms with van der Waals surface area (Å²) in [6.45, 7) is 2.34. The Kier molecular flexibility index (Phi) is 2.96. The molecule has 3 heteroatoms. The largest absolute Gasteiger partial charge is 0.451 e. The van der Waals surface area contributed by atoms with Crippen LogP contribution in [0.25, 0.3) is 0 Å². The van der Waals surface area contributed by atoms with Crippen LogP contribution in [0.5, 0.6) is 0 Å². The Balaban J connectivity index is 1.40. The highest BCUT2D eigenvalue weighted by Gasteiger charge is 2.78. The van der Waals surface area contributed by atoms with E-state index in [0.29, 0.717) is 5.92 Å². The summed E-state index contributed by atoms with van der Waals surface area (Å²) in [7, 11) is 0. The number of rotatable bonds is 1. The second-order valence-electron chi connectivity index (χ2n) is 9.88. The highest BCUT2D eigenvalue weighted by molar-refractivity contribution is 5.93. The van der Waals surface area contributed by atoms with Crippen molar-refractivity contribution in [2.24, 2.45) is 40.9 Å². The predicted molar refractivity (Wildman–Crippen MR) is 99.8 cm³/mol. The minimum atomic E-state index is -0.274. The van der Waals surface area contributed by atoms with Crippen LogP contribution in [0.2, 0.25) is 0 Å². The Bertz CT molecular complexity index is 766. The molecule has 0 aromatic rings. The molecule has 4 saturated carbocycles. The van der Waals surface area contributed by atoms with E-state index < -0.39 is 0 Å². The first-order chi connectivity index (χ1) is 12.6. The summed E-state index contributed by atoms with van der Waals surface area (Å²) in [5, 5.41) is 8.06. The van der Waals surface area contributed by atoms with E-state index in [1.807, 2.05) is 0 Å². The number of hydrogen-bond acceptors (Lipinski definition) is 3. The standard InChI is InChI=1S/C23H29NO2/c1-2-22-9-7-16-15-6-4-14(24)11-13(15)3-5-17(16)21(22)18-12-19(18)23(22)10-8-20(25)26-23/h8,10-11,15-19,21,24H,2-7,9,12H2,1H3/t15?,16?,17?,18?,19?,21?,22-,23?/m0/s1. The maximum atomic E-state index is 12.1. The molecule has 0 saturated heterocycles. The number of carbonyl (C=O) groups is 1. The number of hydrogen-bond donors (Lipinski definition) is 1. The van der Waals surface area contributed by atoms with Crippen LogP contribution in [0, 0.1) is 46.3 Å². The highest BCUT2D eigenvalue weighted by atomic mass is 16.6. The molecule has 8 atom stereocenters. The van der Waals surface area contributed by atoms with Crippen LogP contribution < -0.4 is 0 Å². The second-order valence-corrected chi connectivity index (χ2v) is 9.88. The molecule has 1 N–H and O–H groups in total. The Morgan fingerprint density at radius 3 is 2.85 bits per heavy atom. The molecule has 7 unspecified atom stereocenters. The average Bonchev–Trinajstić information content (AvgIpc) is 3.29. The number of allylic oxidation sites excluding steroid dienone is 2. The molecule has 5 aliphatic carbocycles. The van der Waals surface area contributed by atoms with Crippen LogP contribution >= 0.6 is 0 Å². The van der Waals surface area contributed by atoms with Gasteiger partial charge in [-0.3, -0.25) is 0 Å². The lowest BCUT2D eigenvalue weighted by molar-refractivity contribution is -0.171. The Hall–Kier alpha value is -1.38. The maximum Gasteiger partial charge on any atom is 0.331 e. The zero-order valence-electron chi connectivity index (χ0n) is 15.7.